The van der Waals surface area contributed by atoms with Crippen LogP contribution in [0.2, 0.25) is 5.02 Å². The van der Waals surface area contributed by atoms with E-state index in [4.69, 9.17) is 16.6 Å². The van der Waals surface area contributed by atoms with Gasteiger partial charge >= 0.3 is 0 Å². The van der Waals surface area contributed by atoms with Crippen molar-refractivity contribution in [2.24, 2.45) is 10.9 Å². The molecule has 1 aliphatic heterocycles. The fourth-order valence-electron chi connectivity index (χ4n) is 3.94. The third-order valence-corrected chi connectivity index (χ3v) is 7.04. The van der Waals surface area contributed by atoms with Crippen LogP contribution in [0.25, 0.3) is 6.08 Å². The average Bonchev–Trinajstić information content (AvgIpc) is 2.65. The molecule has 1 atom stereocenters. The van der Waals surface area contributed by atoms with Crippen LogP contribution in [0.4, 0.5) is 0 Å². The van der Waals surface area contributed by atoms with E-state index in [9.17, 15) is 8.42 Å². The first-order chi connectivity index (χ1) is 14.0. The van der Waals surface area contributed by atoms with Gasteiger partial charge in [0.15, 0.2) is 0 Å². The predicted molar refractivity (Wildman–Crippen MR) is 133 cm³/mol. The number of aliphatic imine (C=N–C) groups is 1. The quantitative estimate of drug-likeness (QED) is 0.396. The van der Waals surface area contributed by atoms with Crippen molar-refractivity contribution in [2.75, 3.05) is 19.3 Å². The molecule has 0 spiro atoms. The van der Waals surface area contributed by atoms with Crippen LogP contribution < -0.4 is 0 Å². The molecule has 0 amide bonds. The summed E-state index contributed by atoms with van der Waals surface area (Å²) in [6.07, 6.45) is 8.56. The van der Waals surface area contributed by atoms with Crippen molar-refractivity contribution < 1.29 is 8.42 Å². The maximum atomic E-state index is 12.0. The minimum absolute atomic E-state index is 0.00391. The number of nitrogens with zero attached hydrogens (tertiary/aromatic N) is 2. The SMILES string of the molecule is C=C(C)C(=N/C=C\C)C(c1ccc(Cl)cc1/C=C(\C)Br)C1CCN(S(C)(=O)=O)CC1. The number of rotatable bonds is 7. The van der Waals surface area contributed by atoms with Gasteiger partial charge in [-0.1, -0.05) is 46.3 Å². The Balaban J connectivity index is 2.59. The second-order valence-electron chi connectivity index (χ2n) is 7.76. The first-order valence-electron chi connectivity index (χ1n) is 9.97. The van der Waals surface area contributed by atoms with Crippen LogP contribution in [0.15, 0.2) is 52.1 Å². The minimum Gasteiger partial charge on any atom is -0.261 e. The molecule has 7 heteroatoms. The van der Waals surface area contributed by atoms with Crippen LogP contribution in [0.3, 0.4) is 0 Å². The van der Waals surface area contributed by atoms with E-state index in [2.05, 4.69) is 34.7 Å². The first kappa shape index (κ1) is 25.1. The molecular formula is C23H30BrClN2O2S. The summed E-state index contributed by atoms with van der Waals surface area (Å²) in [5, 5.41) is 0.673. The third kappa shape index (κ3) is 6.64. The summed E-state index contributed by atoms with van der Waals surface area (Å²) in [5.41, 5.74) is 3.99. The Morgan fingerprint density at radius 2 is 1.97 bits per heavy atom. The van der Waals surface area contributed by atoms with Crippen LogP contribution in [0.5, 0.6) is 0 Å². The summed E-state index contributed by atoms with van der Waals surface area (Å²) in [6, 6.07) is 5.93. The summed E-state index contributed by atoms with van der Waals surface area (Å²) < 4.78 is 26.5. The largest absolute Gasteiger partial charge is 0.261 e. The number of hydrogen-bond acceptors (Lipinski definition) is 3. The number of piperidine rings is 1. The van der Waals surface area contributed by atoms with Crippen molar-refractivity contribution in [2.45, 2.75) is 39.5 Å². The Bertz CT molecular complexity index is 971. The number of benzene rings is 1. The monoisotopic (exact) mass is 512 g/mol. The molecule has 0 radical (unpaired) electrons. The van der Waals surface area contributed by atoms with Crippen molar-refractivity contribution in [3.05, 3.63) is 63.3 Å². The van der Waals surface area contributed by atoms with Crippen LogP contribution in [0, 0.1) is 5.92 Å². The molecule has 4 nitrogen and oxygen atoms in total. The minimum atomic E-state index is -3.18. The highest BCUT2D eigenvalue weighted by Gasteiger charge is 2.34. The zero-order valence-electron chi connectivity index (χ0n) is 18.0. The van der Waals surface area contributed by atoms with Gasteiger partial charge in [-0.15, -0.1) is 0 Å². The van der Waals surface area contributed by atoms with Gasteiger partial charge in [0.05, 0.1) is 12.0 Å². The van der Waals surface area contributed by atoms with E-state index in [0.717, 1.165) is 39.7 Å². The number of hydrogen-bond donors (Lipinski definition) is 0. The smallest absolute Gasteiger partial charge is 0.211 e. The van der Waals surface area contributed by atoms with Crippen molar-refractivity contribution in [1.82, 2.24) is 4.31 Å². The van der Waals surface area contributed by atoms with Gasteiger partial charge in [0.2, 0.25) is 10.0 Å². The van der Waals surface area contributed by atoms with Gasteiger partial charge < -0.3 is 0 Å². The molecule has 1 aromatic carbocycles. The molecular weight excluding hydrogens is 484 g/mol. The normalized spacial score (nSPS) is 18.7. The third-order valence-electron chi connectivity index (χ3n) is 5.27. The van der Waals surface area contributed by atoms with Gasteiger partial charge in [-0.25, -0.2) is 12.7 Å². The molecule has 164 valence electrons. The lowest BCUT2D eigenvalue weighted by molar-refractivity contribution is 0.265. The zero-order chi connectivity index (χ0) is 22.5. The van der Waals surface area contributed by atoms with Gasteiger partial charge in [-0.3, -0.25) is 4.99 Å². The Labute approximate surface area is 194 Å². The lowest BCUT2D eigenvalue weighted by atomic mass is 9.74. The molecule has 1 unspecified atom stereocenters. The molecule has 2 rings (SSSR count). The molecule has 0 aromatic heterocycles. The highest BCUT2D eigenvalue weighted by molar-refractivity contribution is 9.11. The Morgan fingerprint density at radius 1 is 1.33 bits per heavy atom. The topological polar surface area (TPSA) is 49.7 Å². The molecule has 0 N–H and O–H groups in total. The molecule has 1 fully saturated rings. The maximum absolute atomic E-state index is 12.0. The van der Waals surface area contributed by atoms with E-state index in [0.29, 0.717) is 18.1 Å². The summed E-state index contributed by atoms with van der Waals surface area (Å²) in [5.74, 6) is 0.239. The molecule has 1 saturated heterocycles. The molecule has 1 aromatic rings. The van der Waals surface area contributed by atoms with Gasteiger partial charge in [0, 0.05) is 30.2 Å². The lowest BCUT2D eigenvalue weighted by Gasteiger charge is -2.36. The van der Waals surface area contributed by atoms with Crippen LogP contribution in [-0.4, -0.2) is 37.8 Å². The molecule has 30 heavy (non-hydrogen) atoms. The number of halogens is 2. The van der Waals surface area contributed by atoms with Crippen molar-refractivity contribution >= 4 is 49.3 Å². The summed E-state index contributed by atoms with van der Waals surface area (Å²) in [7, 11) is -3.18. The fourth-order valence-corrected chi connectivity index (χ4v) is 5.25. The van der Waals surface area contributed by atoms with Crippen molar-refractivity contribution in [1.29, 1.82) is 0 Å². The molecule has 0 aliphatic carbocycles. The van der Waals surface area contributed by atoms with E-state index in [-0.39, 0.29) is 11.8 Å². The van der Waals surface area contributed by atoms with Gasteiger partial charge in [-0.05, 0) is 78.9 Å². The maximum Gasteiger partial charge on any atom is 0.211 e. The van der Waals surface area contributed by atoms with E-state index < -0.39 is 10.0 Å². The van der Waals surface area contributed by atoms with Gasteiger partial charge in [-0.2, -0.15) is 0 Å². The number of sulfonamides is 1. The van der Waals surface area contributed by atoms with E-state index in [1.807, 2.05) is 39.0 Å². The Kier molecular flexibility index (Phi) is 9.10. The molecule has 1 aliphatic rings. The summed E-state index contributed by atoms with van der Waals surface area (Å²) >= 11 is 9.85. The Morgan fingerprint density at radius 3 is 2.47 bits per heavy atom. The highest BCUT2D eigenvalue weighted by atomic mass is 79.9. The van der Waals surface area contributed by atoms with Gasteiger partial charge in [0.25, 0.3) is 0 Å². The van der Waals surface area contributed by atoms with Crippen molar-refractivity contribution in [3.8, 4) is 0 Å². The van der Waals surface area contributed by atoms with E-state index in [1.165, 1.54) is 6.26 Å². The van der Waals surface area contributed by atoms with Crippen LogP contribution in [-0.2, 0) is 10.0 Å². The van der Waals surface area contributed by atoms with Gasteiger partial charge in [0.1, 0.15) is 0 Å². The van der Waals surface area contributed by atoms with Crippen LogP contribution >= 0.6 is 27.5 Å². The first-order valence-corrected chi connectivity index (χ1v) is 13.0. The average molecular weight is 514 g/mol. The summed E-state index contributed by atoms with van der Waals surface area (Å²) in [4.78, 5) is 4.74. The second kappa shape index (κ2) is 10.9. The van der Waals surface area contributed by atoms with E-state index >= 15 is 0 Å². The standard InChI is InChI=1S/C23H30BrClN2O2S/c1-6-11-26-23(16(2)3)22(18-9-12-27(13-10-18)30(5,28)29)21-8-7-20(25)15-19(21)14-17(4)24/h6-8,11,14-15,18,22H,2,9-10,12-13H2,1,3-5H3/b11-6-,17-14+,26-23?. The number of allylic oxidation sites excluding steroid dienone is 3. The predicted octanol–water partition coefficient (Wildman–Crippen LogP) is 6.40. The van der Waals surface area contributed by atoms with Crippen LogP contribution in [0.1, 0.15) is 50.7 Å². The molecule has 0 bridgehead atoms. The highest BCUT2D eigenvalue weighted by Crippen LogP contribution is 2.39. The lowest BCUT2D eigenvalue weighted by Crippen LogP contribution is -2.40. The zero-order valence-corrected chi connectivity index (χ0v) is 21.2. The Hall–Kier alpha value is -1.21. The summed E-state index contributed by atoms with van der Waals surface area (Å²) in [6.45, 7) is 11.1. The van der Waals surface area contributed by atoms with E-state index in [1.54, 1.807) is 10.5 Å². The fraction of sp³-hybridized carbons (Fsp3) is 0.435. The second-order valence-corrected chi connectivity index (χ2v) is 11.4. The molecule has 1 heterocycles. The van der Waals surface area contributed by atoms with Crippen molar-refractivity contribution in [3.63, 3.8) is 0 Å². The molecule has 0 saturated carbocycles.